The standard InChI is InChI=1S/C62H120O17P2/c1-7-11-13-15-16-17-18-19-20-21-22-23-24-25-34-40-46-61(66)78-58(51-73-60(65)45-39-33-28-26-31-36-42-54(5)9-3)53-77-81(70,71)75-49-56(63)48-74-80(68,69)76-52-57(50-72-59(64)44-38-30-14-12-8-2)79-62(67)47-41-35-29-27-32-37-43-55(6)10-4/h54-58,63H,7-53H2,1-6H3,(H,68,69)(H,70,71)/t54?,55?,56-,57+,58+/m0/s1. The van der Waals surface area contributed by atoms with E-state index in [-0.39, 0.29) is 25.7 Å². The van der Waals surface area contributed by atoms with Gasteiger partial charge >= 0.3 is 39.5 Å². The monoisotopic (exact) mass is 1200 g/mol. The molecular weight excluding hydrogens is 1080 g/mol. The van der Waals surface area contributed by atoms with E-state index >= 15 is 0 Å². The Balaban J connectivity index is 5.17. The predicted molar refractivity (Wildman–Crippen MR) is 321 cm³/mol. The van der Waals surface area contributed by atoms with Crippen LogP contribution in [0.2, 0.25) is 0 Å². The van der Waals surface area contributed by atoms with E-state index in [0.29, 0.717) is 25.7 Å². The normalized spacial score (nSPS) is 15.0. The average Bonchev–Trinajstić information content (AvgIpc) is 3.44. The molecule has 3 N–H and O–H groups in total. The van der Waals surface area contributed by atoms with Gasteiger partial charge in [-0.1, -0.05) is 253 Å². The second-order valence-electron chi connectivity index (χ2n) is 22.9. The molecule has 0 aliphatic rings. The zero-order valence-corrected chi connectivity index (χ0v) is 53.9. The summed E-state index contributed by atoms with van der Waals surface area (Å²) in [7, 11) is -9.88. The number of hydrogen-bond donors (Lipinski definition) is 3. The number of aliphatic hydroxyl groups excluding tert-OH is 1. The summed E-state index contributed by atoms with van der Waals surface area (Å²) in [5.74, 6) is -0.699. The molecule has 17 nitrogen and oxygen atoms in total. The second-order valence-corrected chi connectivity index (χ2v) is 25.8. The van der Waals surface area contributed by atoms with Crippen molar-refractivity contribution in [2.75, 3.05) is 39.6 Å². The van der Waals surface area contributed by atoms with Gasteiger partial charge in [-0.25, -0.2) is 9.13 Å². The van der Waals surface area contributed by atoms with E-state index in [2.05, 4.69) is 41.5 Å². The Kier molecular flexibility index (Phi) is 53.4. The van der Waals surface area contributed by atoms with E-state index in [4.69, 9.17) is 37.0 Å². The van der Waals surface area contributed by atoms with Crippen molar-refractivity contribution in [1.82, 2.24) is 0 Å². The molecule has 0 fully saturated rings. The highest BCUT2D eigenvalue weighted by atomic mass is 31.2. The van der Waals surface area contributed by atoms with Crippen LogP contribution in [0.3, 0.4) is 0 Å². The van der Waals surface area contributed by atoms with Gasteiger partial charge in [0, 0.05) is 25.7 Å². The van der Waals surface area contributed by atoms with Crippen molar-refractivity contribution in [3.8, 4) is 0 Å². The Morgan fingerprint density at radius 3 is 0.877 bits per heavy atom. The Morgan fingerprint density at radius 1 is 0.346 bits per heavy atom. The van der Waals surface area contributed by atoms with E-state index in [1.807, 2.05) is 0 Å². The fraction of sp³-hybridized carbons (Fsp3) is 0.935. The number of hydrogen-bond acceptors (Lipinski definition) is 15. The quantitative estimate of drug-likeness (QED) is 0.0222. The topological polar surface area (TPSA) is 237 Å². The molecular formula is C62H120O17P2. The lowest BCUT2D eigenvalue weighted by Gasteiger charge is -2.21. The molecule has 0 aromatic carbocycles. The van der Waals surface area contributed by atoms with Crippen LogP contribution in [0.25, 0.3) is 0 Å². The fourth-order valence-electron chi connectivity index (χ4n) is 9.11. The van der Waals surface area contributed by atoms with Crippen LogP contribution in [0, 0.1) is 11.8 Å². The lowest BCUT2D eigenvalue weighted by molar-refractivity contribution is -0.161. The molecule has 0 aromatic rings. The van der Waals surface area contributed by atoms with Crippen molar-refractivity contribution in [2.24, 2.45) is 11.8 Å². The predicted octanol–water partition coefficient (Wildman–Crippen LogP) is 16.9. The number of carbonyl (C=O) groups excluding carboxylic acids is 4. The number of rotatable bonds is 61. The van der Waals surface area contributed by atoms with E-state index in [0.717, 1.165) is 115 Å². The summed E-state index contributed by atoms with van der Waals surface area (Å²) in [6.07, 6.45) is 36.6. The van der Waals surface area contributed by atoms with Gasteiger partial charge in [-0.2, -0.15) is 0 Å². The van der Waals surface area contributed by atoms with Crippen molar-refractivity contribution >= 4 is 39.5 Å². The van der Waals surface area contributed by atoms with Crippen LogP contribution >= 0.6 is 15.6 Å². The maximum absolute atomic E-state index is 12.9. The third-order valence-electron chi connectivity index (χ3n) is 14.9. The fourth-order valence-corrected chi connectivity index (χ4v) is 10.7. The van der Waals surface area contributed by atoms with Gasteiger partial charge in [0.15, 0.2) is 12.2 Å². The summed E-state index contributed by atoms with van der Waals surface area (Å²) in [5.41, 5.74) is 0. The maximum atomic E-state index is 12.9. The van der Waals surface area contributed by atoms with Crippen LogP contribution < -0.4 is 0 Å². The minimum atomic E-state index is -4.94. The number of phosphoric ester groups is 2. The number of carbonyl (C=O) groups is 4. The molecule has 81 heavy (non-hydrogen) atoms. The van der Waals surface area contributed by atoms with E-state index in [9.17, 15) is 43.2 Å². The molecule has 0 spiro atoms. The van der Waals surface area contributed by atoms with Gasteiger partial charge < -0.3 is 33.8 Å². The highest BCUT2D eigenvalue weighted by Crippen LogP contribution is 2.45. The molecule has 19 heteroatoms. The molecule has 0 saturated carbocycles. The van der Waals surface area contributed by atoms with Crippen LogP contribution in [0.15, 0.2) is 0 Å². The van der Waals surface area contributed by atoms with Crippen molar-refractivity contribution in [3.63, 3.8) is 0 Å². The van der Waals surface area contributed by atoms with Crippen molar-refractivity contribution in [3.05, 3.63) is 0 Å². The lowest BCUT2D eigenvalue weighted by Crippen LogP contribution is -2.30. The van der Waals surface area contributed by atoms with Gasteiger partial charge in [0.05, 0.1) is 26.4 Å². The van der Waals surface area contributed by atoms with Crippen LogP contribution in [-0.2, 0) is 65.4 Å². The first-order valence-electron chi connectivity index (χ1n) is 32.6. The largest absolute Gasteiger partial charge is 0.472 e. The minimum Gasteiger partial charge on any atom is -0.462 e. The molecule has 0 aliphatic carbocycles. The third kappa shape index (κ3) is 54.5. The van der Waals surface area contributed by atoms with Gasteiger partial charge in [0.1, 0.15) is 19.3 Å². The number of aliphatic hydroxyl groups is 1. The van der Waals surface area contributed by atoms with Crippen molar-refractivity contribution in [2.45, 2.75) is 323 Å². The average molecular weight is 1200 g/mol. The van der Waals surface area contributed by atoms with Gasteiger partial charge in [-0.3, -0.25) is 37.3 Å². The molecule has 0 aliphatic heterocycles. The summed E-state index contributed by atoms with van der Waals surface area (Å²) < 4.78 is 67.7. The third-order valence-corrected chi connectivity index (χ3v) is 16.8. The first-order valence-corrected chi connectivity index (χ1v) is 35.6. The number of esters is 4. The molecule has 0 aromatic heterocycles. The van der Waals surface area contributed by atoms with E-state index in [1.54, 1.807) is 0 Å². The van der Waals surface area contributed by atoms with Crippen molar-refractivity contribution < 1.29 is 80.2 Å². The molecule has 4 unspecified atom stereocenters. The zero-order chi connectivity index (χ0) is 60.1. The van der Waals surface area contributed by atoms with Crippen LogP contribution in [-0.4, -0.2) is 96.7 Å². The summed E-state index contributed by atoms with van der Waals surface area (Å²) in [4.78, 5) is 71.9. The second kappa shape index (κ2) is 54.7. The Hall–Kier alpha value is -1.94. The first-order chi connectivity index (χ1) is 38.9. The van der Waals surface area contributed by atoms with Crippen molar-refractivity contribution in [1.29, 1.82) is 0 Å². The Labute approximate surface area is 492 Å². The van der Waals surface area contributed by atoms with E-state index in [1.165, 1.54) is 109 Å². The summed E-state index contributed by atoms with van der Waals surface area (Å²) in [5, 5.41) is 10.5. The Bertz CT molecular complexity index is 1600. The molecule has 0 heterocycles. The molecule has 0 rings (SSSR count). The highest BCUT2D eigenvalue weighted by molar-refractivity contribution is 7.47. The van der Waals surface area contributed by atoms with E-state index < -0.39 is 97.5 Å². The molecule has 0 amide bonds. The molecule has 7 atom stereocenters. The number of ether oxygens (including phenoxy) is 4. The van der Waals surface area contributed by atoms with Gasteiger partial charge in [0.25, 0.3) is 0 Å². The molecule has 0 radical (unpaired) electrons. The van der Waals surface area contributed by atoms with Crippen LogP contribution in [0.4, 0.5) is 0 Å². The van der Waals surface area contributed by atoms with Crippen LogP contribution in [0.1, 0.15) is 305 Å². The van der Waals surface area contributed by atoms with Gasteiger partial charge in [0.2, 0.25) is 0 Å². The summed E-state index contributed by atoms with van der Waals surface area (Å²) in [6.45, 7) is 9.30. The summed E-state index contributed by atoms with van der Waals surface area (Å²) in [6, 6.07) is 0. The number of phosphoric acid groups is 2. The van der Waals surface area contributed by atoms with Crippen LogP contribution in [0.5, 0.6) is 0 Å². The maximum Gasteiger partial charge on any atom is 0.472 e. The lowest BCUT2D eigenvalue weighted by atomic mass is 10.00. The zero-order valence-electron chi connectivity index (χ0n) is 52.1. The SMILES string of the molecule is CCCCCCCCCCCCCCCCCCC(=O)O[C@H](COC(=O)CCCCCCCCC(C)CC)COP(=O)(O)OC[C@@H](O)COP(=O)(O)OC[C@@H](COC(=O)CCCCCCC)OC(=O)CCCCCCCCC(C)CC. The molecule has 480 valence electrons. The smallest absolute Gasteiger partial charge is 0.462 e. The highest BCUT2D eigenvalue weighted by Gasteiger charge is 2.30. The van der Waals surface area contributed by atoms with Gasteiger partial charge in [-0.05, 0) is 37.5 Å². The minimum absolute atomic E-state index is 0.102. The summed E-state index contributed by atoms with van der Waals surface area (Å²) >= 11 is 0. The van der Waals surface area contributed by atoms with Gasteiger partial charge in [-0.15, -0.1) is 0 Å². The Morgan fingerprint density at radius 2 is 0.593 bits per heavy atom. The first kappa shape index (κ1) is 79.1. The number of unbranched alkanes of at least 4 members (excludes halogenated alkanes) is 29. The molecule has 0 bridgehead atoms. The molecule has 0 saturated heterocycles.